The summed E-state index contributed by atoms with van der Waals surface area (Å²) in [5.74, 6) is -1.13. The van der Waals surface area contributed by atoms with Crippen molar-refractivity contribution in [1.82, 2.24) is 0 Å². The zero-order valence-corrected chi connectivity index (χ0v) is 11.1. The minimum Gasteiger partial charge on any atom is -0.508 e. The highest BCUT2D eigenvalue weighted by molar-refractivity contribution is 5.76. The maximum Gasteiger partial charge on any atom is 0.314 e. The van der Waals surface area contributed by atoms with Gasteiger partial charge in [0.1, 0.15) is 24.0 Å². The summed E-state index contributed by atoms with van der Waals surface area (Å²) in [4.78, 5) is 11.3. The largest absolute Gasteiger partial charge is 0.508 e. The van der Waals surface area contributed by atoms with Gasteiger partial charge < -0.3 is 14.9 Å². The van der Waals surface area contributed by atoms with Gasteiger partial charge in [0.15, 0.2) is 0 Å². The Bertz CT molecular complexity index is 590. The number of aryl methyl sites for hydroxylation is 1. The second-order valence-corrected chi connectivity index (χ2v) is 4.61. The van der Waals surface area contributed by atoms with E-state index in [2.05, 4.69) is 0 Å². The summed E-state index contributed by atoms with van der Waals surface area (Å²) >= 11 is 0. The van der Waals surface area contributed by atoms with Crippen LogP contribution in [0.5, 0.6) is 11.5 Å². The normalized spacial score (nSPS) is 11.8. The molecular formula is C16H16O4. The summed E-state index contributed by atoms with van der Waals surface area (Å²) in [5.41, 5.74) is 1.63. The van der Waals surface area contributed by atoms with Crippen LogP contribution in [0.25, 0.3) is 0 Å². The zero-order chi connectivity index (χ0) is 14.5. The van der Waals surface area contributed by atoms with Gasteiger partial charge in [0.25, 0.3) is 0 Å². The number of ether oxygens (including phenoxy) is 1. The van der Waals surface area contributed by atoms with E-state index in [9.17, 15) is 15.0 Å². The molecule has 4 nitrogen and oxygen atoms in total. The van der Waals surface area contributed by atoms with Gasteiger partial charge in [0, 0.05) is 0 Å². The molecule has 0 bridgehead atoms. The summed E-state index contributed by atoms with van der Waals surface area (Å²) in [5, 5.41) is 18.7. The quantitative estimate of drug-likeness (QED) is 0.878. The number of rotatable bonds is 5. The van der Waals surface area contributed by atoms with Crippen molar-refractivity contribution in [2.75, 3.05) is 6.61 Å². The van der Waals surface area contributed by atoms with E-state index in [0.717, 1.165) is 5.56 Å². The molecule has 0 saturated heterocycles. The highest BCUT2D eigenvalue weighted by atomic mass is 16.5. The third-order valence-electron chi connectivity index (χ3n) is 3.01. The molecule has 0 aliphatic rings. The first kappa shape index (κ1) is 13.9. The van der Waals surface area contributed by atoms with Crippen molar-refractivity contribution in [2.24, 2.45) is 0 Å². The molecule has 2 aromatic rings. The number of aliphatic carboxylic acids is 1. The average Bonchev–Trinajstić information content (AvgIpc) is 2.41. The van der Waals surface area contributed by atoms with Gasteiger partial charge in [0.2, 0.25) is 0 Å². The molecule has 0 spiro atoms. The first-order valence-electron chi connectivity index (χ1n) is 6.27. The smallest absolute Gasteiger partial charge is 0.314 e. The molecule has 1 unspecified atom stereocenters. The van der Waals surface area contributed by atoms with Gasteiger partial charge in [-0.2, -0.15) is 0 Å². The van der Waals surface area contributed by atoms with E-state index < -0.39 is 11.9 Å². The van der Waals surface area contributed by atoms with Gasteiger partial charge >= 0.3 is 5.97 Å². The fourth-order valence-electron chi connectivity index (χ4n) is 1.87. The van der Waals surface area contributed by atoms with E-state index >= 15 is 0 Å². The molecule has 0 amide bonds. The molecule has 4 heteroatoms. The lowest BCUT2D eigenvalue weighted by Gasteiger charge is -2.14. The standard InChI is InChI=1S/C16H16O4/c1-11-5-7-14(8-6-11)20-10-15(16(18)19)12-3-2-4-13(17)9-12/h2-9,15,17H,10H2,1H3,(H,18,19). The number of aromatic hydroxyl groups is 1. The van der Waals surface area contributed by atoms with Crippen LogP contribution in [-0.4, -0.2) is 22.8 Å². The van der Waals surface area contributed by atoms with Crippen LogP contribution in [-0.2, 0) is 4.79 Å². The first-order valence-corrected chi connectivity index (χ1v) is 6.27. The van der Waals surface area contributed by atoms with Crippen LogP contribution in [0.2, 0.25) is 0 Å². The lowest BCUT2D eigenvalue weighted by atomic mass is 10.00. The van der Waals surface area contributed by atoms with Crippen LogP contribution in [0.4, 0.5) is 0 Å². The van der Waals surface area contributed by atoms with Gasteiger partial charge in [-0.25, -0.2) is 0 Å². The highest BCUT2D eigenvalue weighted by Crippen LogP contribution is 2.22. The molecule has 0 fully saturated rings. The second-order valence-electron chi connectivity index (χ2n) is 4.61. The molecular weight excluding hydrogens is 256 g/mol. The molecule has 2 rings (SSSR count). The van der Waals surface area contributed by atoms with E-state index in [1.165, 1.54) is 12.1 Å². The van der Waals surface area contributed by atoms with Gasteiger partial charge in [-0.3, -0.25) is 4.79 Å². The van der Waals surface area contributed by atoms with Crippen molar-refractivity contribution < 1.29 is 19.7 Å². The highest BCUT2D eigenvalue weighted by Gasteiger charge is 2.21. The first-order chi connectivity index (χ1) is 9.56. The summed E-state index contributed by atoms with van der Waals surface area (Å²) < 4.78 is 5.52. The Morgan fingerprint density at radius 1 is 1.20 bits per heavy atom. The van der Waals surface area contributed by atoms with E-state index in [-0.39, 0.29) is 12.4 Å². The van der Waals surface area contributed by atoms with E-state index in [4.69, 9.17) is 4.74 Å². The SMILES string of the molecule is Cc1ccc(OCC(C(=O)O)c2cccc(O)c2)cc1. The Hall–Kier alpha value is -2.49. The Morgan fingerprint density at radius 2 is 1.90 bits per heavy atom. The van der Waals surface area contributed by atoms with E-state index in [0.29, 0.717) is 11.3 Å². The number of benzene rings is 2. The molecule has 0 heterocycles. The Morgan fingerprint density at radius 3 is 2.50 bits per heavy atom. The molecule has 0 saturated carbocycles. The van der Waals surface area contributed by atoms with Crippen molar-refractivity contribution in [1.29, 1.82) is 0 Å². The molecule has 2 N–H and O–H groups in total. The monoisotopic (exact) mass is 272 g/mol. The predicted octanol–water partition coefficient (Wildman–Crippen LogP) is 2.95. The molecule has 1 atom stereocenters. The van der Waals surface area contributed by atoms with Crippen molar-refractivity contribution in [3.05, 3.63) is 59.7 Å². The number of hydrogen-bond donors (Lipinski definition) is 2. The van der Waals surface area contributed by atoms with Gasteiger partial charge in [-0.1, -0.05) is 29.8 Å². The van der Waals surface area contributed by atoms with Crippen molar-refractivity contribution in [3.8, 4) is 11.5 Å². The fraction of sp³-hybridized carbons (Fsp3) is 0.188. The van der Waals surface area contributed by atoms with E-state index in [1.807, 2.05) is 19.1 Å². The van der Waals surface area contributed by atoms with Gasteiger partial charge in [0.05, 0.1) is 0 Å². The summed E-state index contributed by atoms with van der Waals surface area (Å²) in [6.07, 6.45) is 0. The van der Waals surface area contributed by atoms with Crippen molar-refractivity contribution >= 4 is 5.97 Å². The van der Waals surface area contributed by atoms with Crippen molar-refractivity contribution in [2.45, 2.75) is 12.8 Å². The minimum absolute atomic E-state index is 0.0157. The summed E-state index contributed by atoms with van der Waals surface area (Å²) in [6.45, 7) is 1.98. The lowest BCUT2D eigenvalue weighted by Crippen LogP contribution is -2.19. The van der Waals surface area contributed by atoms with Crippen LogP contribution in [0, 0.1) is 6.92 Å². The minimum atomic E-state index is -0.984. The molecule has 0 aliphatic carbocycles. The van der Waals surface area contributed by atoms with E-state index in [1.54, 1.807) is 24.3 Å². The molecule has 2 aromatic carbocycles. The van der Waals surface area contributed by atoms with Crippen LogP contribution in [0.3, 0.4) is 0 Å². The third-order valence-corrected chi connectivity index (χ3v) is 3.01. The summed E-state index contributed by atoms with van der Waals surface area (Å²) in [6, 6.07) is 13.6. The third kappa shape index (κ3) is 3.51. The number of carboxylic acid groups (broad SMARTS) is 1. The van der Waals surface area contributed by atoms with Gasteiger partial charge in [-0.05, 0) is 36.8 Å². The number of hydrogen-bond acceptors (Lipinski definition) is 3. The number of phenols is 1. The predicted molar refractivity (Wildman–Crippen MR) is 75.2 cm³/mol. The van der Waals surface area contributed by atoms with Gasteiger partial charge in [-0.15, -0.1) is 0 Å². The molecule has 0 radical (unpaired) electrons. The molecule has 104 valence electrons. The van der Waals surface area contributed by atoms with Crippen LogP contribution in [0.15, 0.2) is 48.5 Å². The Balaban J connectivity index is 2.10. The molecule has 20 heavy (non-hydrogen) atoms. The molecule has 0 aromatic heterocycles. The van der Waals surface area contributed by atoms with Crippen LogP contribution in [0.1, 0.15) is 17.0 Å². The maximum absolute atomic E-state index is 11.3. The number of phenolic OH excluding ortho intramolecular Hbond substituents is 1. The zero-order valence-electron chi connectivity index (χ0n) is 11.1. The topological polar surface area (TPSA) is 66.8 Å². The second kappa shape index (κ2) is 6.10. The Kier molecular flexibility index (Phi) is 4.25. The van der Waals surface area contributed by atoms with Crippen molar-refractivity contribution in [3.63, 3.8) is 0 Å². The maximum atomic E-state index is 11.3. The van der Waals surface area contributed by atoms with Crippen LogP contribution >= 0.6 is 0 Å². The molecule has 0 aliphatic heterocycles. The van der Waals surface area contributed by atoms with Crippen LogP contribution < -0.4 is 4.74 Å². The average molecular weight is 272 g/mol. The Labute approximate surface area is 117 Å². The number of carbonyl (C=O) groups is 1. The fourth-order valence-corrected chi connectivity index (χ4v) is 1.87. The number of carboxylic acids is 1. The lowest BCUT2D eigenvalue weighted by molar-refractivity contribution is -0.139. The summed E-state index contributed by atoms with van der Waals surface area (Å²) in [7, 11) is 0.